The van der Waals surface area contributed by atoms with Gasteiger partial charge in [-0.3, -0.25) is 4.68 Å². The molecule has 20 heavy (non-hydrogen) atoms. The van der Waals surface area contributed by atoms with E-state index in [0.29, 0.717) is 0 Å². The molecule has 1 atom stereocenters. The maximum Gasteiger partial charge on any atom is 0.148 e. The molecule has 0 fully saturated rings. The van der Waals surface area contributed by atoms with E-state index in [2.05, 4.69) is 39.6 Å². The number of anilines is 1. The van der Waals surface area contributed by atoms with Crippen LogP contribution in [0.4, 0.5) is 5.82 Å². The van der Waals surface area contributed by atoms with E-state index < -0.39 is 0 Å². The van der Waals surface area contributed by atoms with Crippen LogP contribution in [0.5, 0.6) is 0 Å². The molecule has 6 nitrogen and oxygen atoms in total. The van der Waals surface area contributed by atoms with Gasteiger partial charge in [0, 0.05) is 25.4 Å². The first-order valence-electron chi connectivity index (χ1n) is 6.36. The molecule has 0 saturated carbocycles. The SMILES string of the molecule is CSc1ccc(NCC(c2cnn(C)c2)N(C)C)nn1. The second-order valence-electron chi connectivity index (χ2n) is 4.77. The van der Waals surface area contributed by atoms with Crippen LogP contribution in [0.15, 0.2) is 29.6 Å². The summed E-state index contributed by atoms with van der Waals surface area (Å²) in [4.78, 5) is 2.16. The van der Waals surface area contributed by atoms with Gasteiger partial charge in [-0.15, -0.1) is 22.0 Å². The quantitative estimate of drug-likeness (QED) is 0.817. The van der Waals surface area contributed by atoms with Crippen molar-refractivity contribution in [1.82, 2.24) is 24.9 Å². The fourth-order valence-electron chi connectivity index (χ4n) is 1.94. The van der Waals surface area contributed by atoms with Crippen molar-refractivity contribution in [3.8, 4) is 0 Å². The first kappa shape index (κ1) is 14.8. The highest BCUT2D eigenvalue weighted by atomic mass is 32.2. The predicted octanol–water partition coefficient (Wildman–Crippen LogP) is 1.65. The number of likely N-dealkylation sites (N-methyl/N-ethyl adjacent to an activating group) is 1. The molecule has 0 aliphatic rings. The summed E-state index contributed by atoms with van der Waals surface area (Å²) < 4.78 is 1.82. The minimum Gasteiger partial charge on any atom is -0.367 e. The van der Waals surface area contributed by atoms with Gasteiger partial charge in [0.1, 0.15) is 10.8 Å². The summed E-state index contributed by atoms with van der Waals surface area (Å²) in [5, 5.41) is 16.8. The van der Waals surface area contributed by atoms with Gasteiger partial charge in [-0.05, 0) is 32.5 Å². The molecule has 0 amide bonds. The van der Waals surface area contributed by atoms with Crippen LogP contribution < -0.4 is 5.32 Å². The van der Waals surface area contributed by atoms with Gasteiger partial charge in [0.2, 0.25) is 0 Å². The summed E-state index contributed by atoms with van der Waals surface area (Å²) in [7, 11) is 6.04. The first-order chi connectivity index (χ1) is 9.60. The van der Waals surface area contributed by atoms with Crippen molar-refractivity contribution in [3.63, 3.8) is 0 Å². The average Bonchev–Trinajstić information content (AvgIpc) is 2.86. The number of hydrogen-bond donors (Lipinski definition) is 1. The number of nitrogens with zero attached hydrogens (tertiary/aromatic N) is 5. The van der Waals surface area contributed by atoms with Crippen molar-refractivity contribution in [2.75, 3.05) is 32.2 Å². The molecule has 2 rings (SSSR count). The zero-order valence-electron chi connectivity index (χ0n) is 12.2. The van der Waals surface area contributed by atoms with Crippen molar-refractivity contribution in [2.45, 2.75) is 11.1 Å². The maximum absolute atomic E-state index is 4.23. The molecular formula is C13H20N6S. The third kappa shape index (κ3) is 3.71. The molecule has 108 valence electrons. The molecule has 0 aliphatic carbocycles. The maximum atomic E-state index is 4.23. The number of aromatic nitrogens is 4. The Morgan fingerprint density at radius 3 is 2.65 bits per heavy atom. The molecule has 0 saturated heterocycles. The van der Waals surface area contributed by atoms with Crippen LogP contribution in [0.2, 0.25) is 0 Å². The minimum absolute atomic E-state index is 0.241. The summed E-state index contributed by atoms with van der Waals surface area (Å²) >= 11 is 1.59. The van der Waals surface area contributed by atoms with Gasteiger partial charge < -0.3 is 10.2 Å². The van der Waals surface area contributed by atoms with E-state index in [1.807, 2.05) is 42.5 Å². The van der Waals surface area contributed by atoms with E-state index in [1.165, 1.54) is 5.56 Å². The lowest BCUT2D eigenvalue weighted by atomic mass is 10.1. The topological polar surface area (TPSA) is 58.9 Å². The van der Waals surface area contributed by atoms with E-state index >= 15 is 0 Å². The van der Waals surface area contributed by atoms with Crippen LogP contribution in [0.25, 0.3) is 0 Å². The van der Waals surface area contributed by atoms with Crippen molar-refractivity contribution in [1.29, 1.82) is 0 Å². The normalized spacial score (nSPS) is 12.7. The summed E-state index contributed by atoms with van der Waals surface area (Å²) in [5.41, 5.74) is 1.18. The lowest BCUT2D eigenvalue weighted by molar-refractivity contribution is 0.311. The first-order valence-corrected chi connectivity index (χ1v) is 7.59. The lowest BCUT2D eigenvalue weighted by Crippen LogP contribution is -2.26. The van der Waals surface area contributed by atoms with Crippen LogP contribution in [0.1, 0.15) is 11.6 Å². The van der Waals surface area contributed by atoms with Crippen molar-refractivity contribution >= 4 is 17.6 Å². The van der Waals surface area contributed by atoms with Gasteiger partial charge in [0.15, 0.2) is 0 Å². The summed E-state index contributed by atoms with van der Waals surface area (Å²) in [6.07, 6.45) is 5.92. The highest BCUT2D eigenvalue weighted by Gasteiger charge is 2.15. The van der Waals surface area contributed by atoms with Gasteiger partial charge >= 0.3 is 0 Å². The zero-order valence-corrected chi connectivity index (χ0v) is 13.1. The largest absolute Gasteiger partial charge is 0.367 e. The molecule has 2 aromatic rings. The van der Waals surface area contributed by atoms with Crippen LogP contribution in [0, 0.1) is 0 Å². The second-order valence-corrected chi connectivity index (χ2v) is 5.60. The molecule has 1 unspecified atom stereocenters. The molecule has 0 radical (unpaired) electrons. The Hall–Kier alpha value is -1.60. The van der Waals surface area contributed by atoms with Gasteiger partial charge in [-0.25, -0.2) is 0 Å². The van der Waals surface area contributed by atoms with Crippen LogP contribution in [-0.2, 0) is 7.05 Å². The Kier molecular flexibility index (Phi) is 4.97. The van der Waals surface area contributed by atoms with E-state index in [0.717, 1.165) is 17.4 Å². The molecule has 1 N–H and O–H groups in total. The third-order valence-corrected chi connectivity index (χ3v) is 3.69. The second kappa shape index (κ2) is 6.71. The highest BCUT2D eigenvalue weighted by molar-refractivity contribution is 7.98. The Morgan fingerprint density at radius 1 is 1.35 bits per heavy atom. The fraction of sp³-hybridized carbons (Fsp3) is 0.462. The number of rotatable bonds is 6. The van der Waals surface area contributed by atoms with Crippen molar-refractivity contribution in [3.05, 3.63) is 30.1 Å². The lowest BCUT2D eigenvalue weighted by Gasteiger charge is -2.23. The molecule has 0 spiro atoms. The van der Waals surface area contributed by atoms with Gasteiger partial charge in [-0.1, -0.05) is 0 Å². The van der Waals surface area contributed by atoms with Gasteiger partial charge in [0.05, 0.1) is 12.2 Å². The smallest absolute Gasteiger partial charge is 0.148 e. The Bertz CT molecular complexity index is 536. The molecule has 0 aliphatic heterocycles. The van der Waals surface area contributed by atoms with E-state index in [9.17, 15) is 0 Å². The van der Waals surface area contributed by atoms with E-state index in [4.69, 9.17) is 0 Å². The molecule has 7 heteroatoms. The Balaban J connectivity index is 2.01. The molecule has 0 aromatic carbocycles. The standard InChI is InChI=1S/C13H20N6S/c1-18(2)11(10-7-15-19(3)9-10)8-14-12-5-6-13(20-4)17-16-12/h5-7,9,11H,8H2,1-4H3,(H,14,16). The van der Waals surface area contributed by atoms with E-state index in [-0.39, 0.29) is 6.04 Å². The van der Waals surface area contributed by atoms with E-state index in [1.54, 1.807) is 11.8 Å². The molecule has 2 aromatic heterocycles. The third-order valence-electron chi connectivity index (χ3n) is 3.06. The van der Waals surface area contributed by atoms with Crippen LogP contribution in [0.3, 0.4) is 0 Å². The zero-order chi connectivity index (χ0) is 14.5. The van der Waals surface area contributed by atoms with Crippen molar-refractivity contribution in [2.24, 2.45) is 7.05 Å². The minimum atomic E-state index is 0.241. The van der Waals surface area contributed by atoms with Crippen LogP contribution >= 0.6 is 11.8 Å². The number of thioether (sulfide) groups is 1. The number of nitrogens with one attached hydrogen (secondary N) is 1. The summed E-state index contributed by atoms with van der Waals surface area (Å²) in [6.45, 7) is 0.756. The fourth-order valence-corrected chi connectivity index (χ4v) is 2.26. The van der Waals surface area contributed by atoms with Gasteiger partial charge in [0.25, 0.3) is 0 Å². The molecule has 0 bridgehead atoms. The summed E-state index contributed by atoms with van der Waals surface area (Å²) in [6, 6.07) is 4.16. The predicted molar refractivity (Wildman–Crippen MR) is 81.9 cm³/mol. The number of aryl methyl sites for hydroxylation is 1. The Morgan fingerprint density at radius 2 is 2.15 bits per heavy atom. The average molecular weight is 292 g/mol. The molecular weight excluding hydrogens is 272 g/mol. The summed E-state index contributed by atoms with van der Waals surface area (Å²) in [5.74, 6) is 0.790. The van der Waals surface area contributed by atoms with Gasteiger partial charge in [-0.2, -0.15) is 5.10 Å². The number of hydrogen-bond acceptors (Lipinski definition) is 6. The monoisotopic (exact) mass is 292 g/mol. The highest BCUT2D eigenvalue weighted by Crippen LogP contribution is 2.18. The van der Waals surface area contributed by atoms with Crippen LogP contribution in [-0.4, -0.2) is 51.8 Å². The molecule has 2 heterocycles. The van der Waals surface area contributed by atoms with Crippen molar-refractivity contribution < 1.29 is 0 Å². The Labute approximate surface area is 123 Å².